The monoisotopic (exact) mass is 214 g/mol. The summed E-state index contributed by atoms with van der Waals surface area (Å²) < 4.78 is 5.09. The van der Waals surface area contributed by atoms with E-state index in [0.29, 0.717) is 5.75 Å². The largest absolute Gasteiger partial charge is 0.504 e. The first-order valence-corrected chi connectivity index (χ1v) is 5.15. The summed E-state index contributed by atoms with van der Waals surface area (Å²) in [5, 5.41) is 9.51. The van der Waals surface area contributed by atoms with E-state index in [4.69, 9.17) is 4.74 Å². The molecule has 2 nitrogen and oxygen atoms in total. The second-order valence-corrected chi connectivity index (χ2v) is 3.76. The molecule has 0 atom stereocenters. The SMILES string of the molecule is COc1cc(-c2cccc(C)c2)ccc1O. The number of benzene rings is 2. The molecule has 0 aliphatic rings. The van der Waals surface area contributed by atoms with Crippen LogP contribution in [-0.2, 0) is 0 Å². The van der Waals surface area contributed by atoms with E-state index in [2.05, 4.69) is 19.1 Å². The first-order valence-electron chi connectivity index (χ1n) is 5.15. The molecule has 2 aromatic carbocycles. The summed E-state index contributed by atoms with van der Waals surface area (Å²) >= 11 is 0. The molecule has 0 spiro atoms. The first-order chi connectivity index (χ1) is 7.70. The Morgan fingerprint density at radius 1 is 1.00 bits per heavy atom. The van der Waals surface area contributed by atoms with Gasteiger partial charge < -0.3 is 9.84 Å². The molecule has 0 fully saturated rings. The quantitative estimate of drug-likeness (QED) is 0.830. The Hall–Kier alpha value is -1.96. The van der Waals surface area contributed by atoms with Crippen molar-refractivity contribution in [3.05, 3.63) is 48.0 Å². The lowest BCUT2D eigenvalue weighted by Crippen LogP contribution is -1.85. The highest BCUT2D eigenvalue weighted by Gasteiger charge is 2.04. The second-order valence-electron chi connectivity index (χ2n) is 3.76. The predicted octanol–water partition coefficient (Wildman–Crippen LogP) is 3.38. The fourth-order valence-electron chi connectivity index (χ4n) is 1.68. The molecule has 0 bridgehead atoms. The number of methoxy groups -OCH3 is 1. The van der Waals surface area contributed by atoms with Crippen LogP contribution in [-0.4, -0.2) is 12.2 Å². The van der Waals surface area contributed by atoms with Crippen molar-refractivity contribution < 1.29 is 9.84 Å². The third kappa shape index (κ3) is 2.01. The molecule has 0 aliphatic heterocycles. The van der Waals surface area contributed by atoms with E-state index >= 15 is 0 Å². The summed E-state index contributed by atoms with van der Waals surface area (Å²) in [4.78, 5) is 0. The first kappa shape index (κ1) is 10.6. The number of rotatable bonds is 2. The van der Waals surface area contributed by atoms with Gasteiger partial charge in [0, 0.05) is 0 Å². The van der Waals surface area contributed by atoms with Crippen molar-refractivity contribution in [2.45, 2.75) is 6.92 Å². The van der Waals surface area contributed by atoms with E-state index in [9.17, 15) is 5.11 Å². The summed E-state index contributed by atoms with van der Waals surface area (Å²) in [6, 6.07) is 13.6. The molecule has 16 heavy (non-hydrogen) atoms. The van der Waals surface area contributed by atoms with Gasteiger partial charge in [-0.05, 0) is 30.2 Å². The average molecular weight is 214 g/mol. The van der Waals surface area contributed by atoms with Crippen LogP contribution < -0.4 is 4.74 Å². The topological polar surface area (TPSA) is 29.5 Å². The molecule has 82 valence electrons. The summed E-state index contributed by atoms with van der Waals surface area (Å²) in [6.45, 7) is 2.06. The maximum absolute atomic E-state index is 9.51. The molecule has 0 aliphatic carbocycles. The van der Waals surface area contributed by atoms with E-state index in [-0.39, 0.29) is 5.75 Å². The second kappa shape index (κ2) is 4.27. The molecule has 0 saturated carbocycles. The van der Waals surface area contributed by atoms with Gasteiger partial charge in [0.25, 0.3) is 0 Å². The standard InChI is InChI=1S/C14H14O2/c1-10-4-3-5-11(8-10)12-6-7-13(15)14(9-12)16-2/h3-9,15H,1-2H3. The van der Waals surface area contributed by atoms with Crippen LogP contribution in [0.2, 0.25) is 0 Å². The number of phenols is 1. The third-order valence-corrected chi connectivity index (χ3v) is 2.53. The number of aryl methyl sites for hydroxylation is 1. The van der Waals surface area contributed by atoms with Gasteiger partial charge >= 0.3 is 0 Å². The zero-order chi connectivity index (χ0) is 11.5. The maximum atomic E-state index is 9.51. The van der Waals surface area contributed by atoms with Crippen molar-refractivity contribution in [2.24, 2.45) is 0 Å². The molecule has 0 unspecified atom stereocenters. The van der Waals surface area contributed by atoms with Crippen LogP contribution in [0.5, 0.6) is 11.5 Å². The number of ether oxygens (including phenoxy) is 1. The van der Waals surface area contributed by atoms with Gasteiger partial charge in [-0.3, -0.25) is 0 Å². The van der Waals surface area contributed by atoms with Crippen molar-refractivity contribution in [3.63, 3.8) is 0 Å². The van der Waals surface area contributed by atoms with Gasteiger partial charge in [-0.15, -0.1) is 0 Å². The highest BCUT2D eigenvalue weighted by molar-refractivity contribution is 5.67. The summed E-state index contributed by atoms with van der Waals surface area (Å²) in [6.07, 6.45) is 0. The molecular weight excluding hydrogens is 200 g/mol. The lowest BCUT2D eigenvalue weighted by molar-refractivity contribution is 0.373. The predicted molar refractivity (Wildman–Crippen MR) is 64.8 cm³/mol. The molecule has 2 heteroatoms. The third-order valence-electron chi connectivity index (χ3n) is 2.53. The summed E-state index contributed by atoms with van der Waals surface area (Å²) in [5.41, 5.74) is 3.38. The van der Waals surface area contributed by atoms with E-state index < -0.39 is 0 Å². The molecule has 0 amide bonds. The lowest BCUT2D eigenvalue weighted by atomic mass is 10.0. The van der Waals surface area contributed by atoms with Crippen LogP contribution in [0.15, 0.2) is 42.5 Å². The van der Waals surface area contributed by atoms with Crippen molar-refractivity contribution in [3.8, 4) is 22.6 Å². The van der Waals surface area contributed by atoms with Gasteiger partial charge in [0.05, 0.1) is 7.11 Å². The number of hydrogen-bond acceptors (Lipinski definition) is 2. The van der Waals surface area contributed by atoms with Crippen LogP contribution in [0.25, 0.3) is 11.1 Å². The molecule has 2 aromatic rings. The van der Waals surface area contributed by atoms with Crippen LogP contribution in [0.1, 0.15) is 5.56 Å². The number of hydrogen-bond donors (Lipinski definition) is 1. The maximum Gasteiger partial charge on any atom is 0.161 e. The highest BCUT2D eigenvalue weighted by Crippen LogP contribution is 2.31. The zero-order valence-corrected chi connectivity index (χ0v) is 9.40. The molecule has 0 aromatic heterocycles. The minimum absolute atomic E-state index is 0.166. The van der Waals surface area contributed by atoms with Crippen molar-refractivity contribution in [1.29, 1.82) is 0 Å². The van der Waals surface area contributed by atoms with Gasteiger partial charge in [0.2, 0.25) is 0 Å². The van der Waals surface area contributed by atoms with Gasteiger partial charge in [0.15, 0.2) is 11.5 Å². The Bertz CT molecular complexity index is 504. The fourth-order valence-corrected chi connectivity index (χ4v) is 1.68. The van der Waals surface area contributed by atoms with Gasteiger partial charge in [-0.25, -0.2) is 0 Å². The Kier molecular flexibility index (Phi) is 2.82. The van der Waals surface area contributed by atoms with Gasteiger partial charge in [-0.2, -0.15) is 0 Å². The Balaban J connectivity index is 2.48. The lowest BCUT2D eigenvalue weighted by Gasteiger charge is -2.07. The van der Waals surface area contributed by atoms with Crippen molar-refractivity contribution >= 4 is 0 Å². The normalized spacial score (nSPS) is 10.1. The van der Waals surface area contributed by atoms with Gasteiger partial charge in [-0.1, -0.05) is 35.9 Å². The number of aromatic hydroxyl groups is 1. The van der Waals surface area contributed by atoms with Crippen molar-refractivity contribution in [2.75, 3.05) is 7.11 Å². The van der Waals surface area contributed by atoms with Crippen molar-refractivity contribution in [1.82, 2.24) is 0 Å². The number of phenolic OH excluding ortho intramolecular Hbond substituents is 1. The van der Waals surface area contributed by atoms with Crippen LogP contribution in [0.3, 0.4) is 0 Å². The molecule has 0 heterocycles. The minimum atomic E-state index is 0.166. The molecule has 0 radical (unpaired) electrons. The molecule has 0 saturated heterocycles. The minimum Gasteiger partial charge on any atom is -0.504 e. The summed E-state index contributed by atoms with van der Waals surface area (Å²) in [5.74, 6) is 0.665. The van der Waals surface area contributed by atoms with E-state index in [1.807, 2.05) is 24.3 Å². The molecule has 2 rings (SSSR count). The Labute approximate surface area is 95.1 Å². The molecular formula is C14H14O2. The fraction of sp³-hybridized carbons (Fsp3) is 0.143. The van der Waals surface area contributed by atoms with E-state index in [0.717, 1.165) is 11.1 Å². The van der Waals surface area contributed by atoms with Crippen LogP contribution in [0.4, 0.5) is 0 Å². The van der Waals surface area contributed by atoms with Gasteiger partial charge in [0.1, 0.15) is 0 Å². The van der Waals surface area contributed by atoms with E-state index in [1.54, 1.807) is 13.2 Å². The Morgan fingerprint density at radius 3 is 2.44 bits per heavy atom. The summed E-state index contributed by atoms with van der Waals surface area (Å²) in [7, 11) is 1.55. The average Bonchev–Trinajstić information content (AvgIpc) is 2.29. The van der Waals surface area contributed by atoms with Crippen LogP contribution >= 0.6 is 0 Å². The van der Waals surface area contributed by atoms with Crippen LogP contribution in [0, 0.1) is 6.92 Å². The smallest absolute Gasteiger partial charge is 0.161 e. The molecule has 1 N–H and O–H groups in total. The zero-order valence-electron chi connectivity index (χ0n) is 9.40. The Morgan fingerprint density at radius 2 is 1.75 bits per heavy atom. The highest BCUT2D eigenvalue weighted by atomic mass is 16.5. The van der Waals surface area contributed by atoms with E-state index in [1.165, 1.54) is 5.56 Å².